The van der Waals surface area contributed by atoms with Crippen molar-refractivity contribution in [3.63, 3.8) is 0 Å². The first kappa shape index (κ1) is 15.9. The van der Waals surface area contributed by atoms with Crippen LogP contribution in [0.4, 0.5) is 10.5 Å². The molecular formula is C19H19N3O2. The number of nitrogens with one attached hydrogen (secondary N) is 2. The monoisotopic (exact) mass is 321 g/mol. The Balaban J connectivity index is 1.37. The Labute approximate surface area is 141 Å². The van der Waals surface area contributed by atoms with Crippen LogP contribution in [0.2, 0.25) is 0 Å². The SMILES string of the molecule is N#Cc1cccc(NC2CC(NC(=O)OCc3ccccc3)C2)c1. The van der Waals surface area contributed by atoms with Crippen molar-refractivity contribution in [3.8, 4) is 6.07 Å². The summed E-state index contributed by atoms with van der Waals surface area (Å²) in [4.78, 5) is 11.8. The molecule has 5 heteroatoms. The zero-order valence-corrected chi connectivity index (χ0v) is 13.2. The summed E-state index contributed by atoms with van der Waals surface area (Å²) in [7, 11) is 0. The van der Waals surface area contributed by atoms with Crippen molar-refractivity contribution in [1.29, 1.82) is 5.26 Å². The van der Waals surface area contributed by atoms with Gasteiger partial charge in [0.25, 0.3) is 0 Å². The topological polar surface area (TPSA) is 74.2 Å². The second-order valence-corrected chi connectivity index (χ2v) is 5.91. The molecule has 0 spiro atoms. The maximum atomic E-state index is 11.8. The Morgan fingerprint density at radius 1 is 1.12 bits per heavy atom. The van der Waals surface area contributed by atoms with Crippen LogP contribution in [-0.4, -0.2) is 18.2 Å². The molecule has 122 valence electrons. The van der Waals surface area contributed by atoms with Crippen LogP contribution in [-0.2, 0) is 11.3 Å². The molecule has 0 unspecified atom stereocenters. The van der Waals surface area contributed by atoms with Crippen molar-refractivity contribution in [2.45, 2.75) is 31.5 Å². The lowest BCUT2D eigenvalue weighted by Crippen LogP contribution is -2.49. The van der Waals surface area contributed by atoms with Crippen LogP contribution < -0.4 is 10.6 Å². The Hall–Kier alpha value is -3.00. The van der Waals surface area contributed by atoms with Gasteiger partial charge in [0.15, 0.2) is 0 Å². The van der Waals surface area contributed by atoms with Crippen LogP contribution in [0, 0.1) is 11.3 Å². The van der Waals surface area contributed by atoms with E-state index in [0.29, 0.717) is 11.6 Å². The van der Waals surface area contributed by atoms with E-state index in [2.05, 4.69) is 16.7 Å². The third-order valence-corrected chi connectivity index (χ3v) is 4.04. The number of nitriles is 1. The number of hydrogen-bond acceptors (Lipinski definition) is 4. The van der Waals surface area contributed by atoms with Gasteiger partial charge in [0.1, 0.15) is 6.61 Å². The lowest BCUT2D eigenvalue weighted by atomic mass is 9.86. The number of hydrogen-bond donors (Lipinski definition) is 2. The zero-order valence-electron chi connectivity index (χ0n) is 13.2. The Bertz CT molecular complexity index is 734. The molecule has 24 heavy (non-hydrogen) atoms. The summed E-state index contributed by atoms with van der Waals surface area (Å²) in [6.07, 6.45) is 1.31. The number of carbonyl (C=O) groups excluding carboxylic acids is 1. The molecule has 0 aromatic heterocycles. The molecule has 0 radical (unpaired) electrons. The van der Waals surface area contributed by atoms with Gasteiger partial charge in [-0.05, 0) is 36.6 Å². The van der Waals surface area contributed by atoms with E-state index in [0.717, 1.165) is 24.1 Å². The molecule has 0 atom stereocenters. The van der Waals surface area contributed by atoms with Gasteiger partial charge in [-0.2, -0.15) is 5.26 Å². The maximum absolute atomic E-state index is 11.8. The summed E-state index contributed by atoms with van der Waals surface area (Å²) in [5, 5.41) is 15.1. The molecule has 5 nitrogen and oxygen atoms in total. The van der Waals surface area contributed by atoms with Crippen LogP contribution in [0.5, 0.6) is 0 Å². The minimum atomic E-state index is -0.381. The van der Waals surface area contributed by atoms with Crippen LogP contribution in [0.3, 0.4) is 0 Å². The molecule has 0 heterocycles. The molecule has 0 saturated heterocycles. The van der Waals surface area contributed by atoms with Crippen LogP contribution in [0.15, 0.2) is 54.6 Å². The second kappa shape index (κ2) is 7.51. The highest BCUT2D eigenvalue weighted by Crippen LogP contribution is 2.24. The van der Waals surface area contributed by atoms with Gasteiger partial charge >= 0.3 is 6.09 Å². The standard InChI is InChI=1S/C19H19N3O2/c20-12-15-7-4-8-16(9-15)21-17-10-18(11-17)22-19(23)24-13-14-5-2-1-3-6-14/h1-9,17-18,21H,10-11,13H2,(H,22,23). The Morgan fingerprint density at radius 3 is 2.67 bits per heavy atom. The average molecular weight is 321 g/mol. The highest BCUT2D eigenvalue weighted by molar-refractivity contribution is 5.67. The third kappa shape index (κ3) is 4.26. The molecule has 2 N–H and O–H groups in total. The number of alkyl carbamates (subject to hydrolysis) is 1. The molecule has 3 rings (SSSR count). The first-order valence-electron chi connectivity index (χ1n) is 7.97. The lowest BCUT2D eigenvalue weighted by Gasteiger charge is -2.36. The first-order chi connectivity index (χ1) is 11.7. The Kier molecular flexibility index (Phi) is 4.97. The highest BCUT2D eigenvalue weighted by atomic mass is 16.5. The smallest absolute Gasteiger partial charge is 0.407 e. The molecule has 0 aliphatic heterocycles. The normalized spacial score (nSPS) is 18.8. The van der Waals surface area contributed by atoms with Gasteiger partial charge in [-0.1, -0.05) is 36.4 Å². The molecule has 1 saturated carbocycles. The predicted octanol–water partition coefficient (Wildman–Crippen LogP) is 3.43. The number of carbonyl (C=O) groups is 1. The number of benzene rings is 2. The van der Waals surface area contributed by atoms with Gasteiger partial charge in [0.05, 0.1) is 11.6 Å². The van der Waals surface area contributed by atoms with Crippen molar-refractivity contribution in [2.75, 3.05) is 5.32 Å². The molecular weight excluding hydrogens is 302 g/mol. The fourth-order valence-corrected chi connectivity index (χ4v) is 2.70. The maximum Gasteiger partial charge on any atom is 0.407 e. The van der Waals surface area contributed by atoms with Gasteiger partial charge in [-0.25, -0.2) is 4.79 Å². The van der Waals surface area contributed by atoms with E-state index in [1.54, 1.807) is 6.07 Å². The van der Waals surface area contributed by atoms with E-state index in [1.807, 2.05) is 48.5 Å². The first-order valence-corrected chi connectivity index (χ1v) is 7.97. The van der Waals surface area contributed by atoms with Crippen LogP contribution in [0.25, 0.3) is 0 Å². The molecule has 1 fully saturated rings. The summed E-state index contributed by atoms with van der Waals surface area (Å²) in [6, 6.07) is 19.6. The highest BCUT2D eigenvalue weighted by Gasteiger charge is 2.30. The number of nitrogens with zero attached hydrogens (tertiary/aromatic N) is 1. The fourth-order valence-electron chi connectivity index (χ4n) is 2.70. The minimum Gasteiger partial charge on any atom is -0.445 e. The number of anilines is 1. The van der Waals surface area contributed by atoms with Crippen LogP contribution >= 0.6 is 0 Å². The van der Waals surface area contributed by atoms with E-state index in [4.69, 9.17) is 10.00 Å². The van der Waals surface area contributed by atoms with Gasteiger partial charge in [0.2, 0.25) is 0 Å². The van der Waals surface area contributed by atoms with Gasteiger partial charge in [-0.3, -0.25) is 0 Å². The van der Waals surface area contributed by atoms with Crippen molar-refractivity contribution >= 4 is 11.8 Å². The lowest BCUT2D eigenvalue weighted by molar-refractivity contribution is 0.129. The summed E-state index contributed by atoms with van der Waals surface area (Å²) >= 11 is 0. The van der Waals surface area contributed by atoms with Crippen LogP contribution in [0.1, 0.15) is 24.0 Å². The number of amides is 1. The van der Waals surface area contributed by atoms with Gasteiger partial charge in [-0.15, -0.1) is 0 Å². The minimum absolute atomic E-state index is 0.130. The summed E-state index contributed by atoms with van der Waals surface area (Å²) < 4.78 is 5.21. The van der Waals surface area contributed by atoms with Gasteiger partial charge < -0.3 is 15.4 Å². The predicted molar refractivity (Wildman–Crippen MR) is 91.4 cm³/mol. The molecule has 2 aromatic carbocycles. The molecule has 1 amide bonds. The van der Waals surface area contributed by atoms with Crippen molar-refractivity contribution in [1.82, 2.24) is 5.32 Å². The quantitative estimate of drug-likeness (QED) is 0.885. The fraction of sp³-hybridized carbons (Fsp3) is 0.263. The largest absolute Gasteiger partial charge is 0.445 e. The van der Waals surface area contributed by atoms with Crippen molar-refractivity contribution in [2.24, 2.45) is 0 Å². The van der Waals surface area contributed by atoms with E-state index in [1.165, 1.54) is 0 Å². The molecule has 1 aliphatic rings. The molecule has 0 bridgehead atoms. The molecule has 1 aliphatic carbocycles. The Morgan fingerprint density at radius 2 is 1.92 bits per heavy atom. The van der Waals surface area contributed by atoms with Crippen molar-refractivity contribution < 1.29 is 9.53 Å². The van der Waals surface area contributed by atoms with E-state index in [-0.39, 0.29) is 18.7 Å². The van der Waals surface area contributed by atoms with E-state index in [9.17, 15) is 4.79 Å². The zero-order chi connectivity index (χ0) is 16.8. The summed E-state index contributed by atoms with van der Waals surface area (Å²) in [5.41, 5.74) is 2.54. The van der Waals surface area contributed by atoms with Gasteiger partial charge in [0, 0.05) is 17.8 Å². The van der Waals surface area contributed by atoms with Crippen molar-refractivity contribution in [3.05, 3.63) is 65.7 Å². The number of rotatable bonds is 5. The molecule has 2 aromatic rings. The summed E-state index contributed by atoms with van der Waals surface area (Å²) in [6.45, 7) is 0.280. The summed E-state index contributed by atoms with van der Waals surface area (Å²) in [5.74, 6) is 0. The average Bonchev–Trinajstić information content (AvgIpc) is 2.59. The third-order valence-electron chi connectivity index (χ3n) is 4.04. The van der Waals surface area contributed by atoms with E-state index < -0.39 is 0 Å². The second-order valence-electron chi connectivity index (χ2n) is 5.91. The van der Waals surface area contributed by atoms with E-state index >= 15 is 0 Å². The number of ether oxygens (including phenoxy) is 1.